The van der Waals surface area contributed by atoms with E-state index in [0.717, 1.165) is 12.1 Å². The molecule has 2 N–H and O–H groups in total. The molecule has 0 spiro atoms. The van der Waals surface area contributed by atoms with Crippen LogP contribution >= 0.6 is 0 Å². The van der Waals surface area contributed by atoms with Crippen LogP contribution in [0.4, 0.5) is 17.1 Å². The SMILES string of the molecule is CN(C)CCNc1cc2c(cc1[N+](=O)[O-])CCC(=O)N2. The fourth-order valence-corrected chi connectivity index (χ4v) is 2.12. The molecule has 1 aliphatic rings. The summed E-state index contributed by atoms with van der Waals surface area (Å²) in [6.45, 7) is 1.36. The summed E-state index contributed by atoms with van der Waals surface area (Å²) in [5.41, 5.74) is 1.98. The summed E-state index contributed by atoms with van der Waals surface area (Å²) in [5, 5.41) is 16.9. The van der Waals surface area contributed by atoms with E-state index < -0.39 is 4.92 Å². The topological polar surface area (TPSA) is 87.5 Å². The highest BCUT2D eigenvalue weighted by molar-refractivity contribution is 5.95. The van der Waals surface area contributed by atoms with Crippen LogP contribution in [0.3, 0.4) is 0 Å². The van der Waals surface area contributed by atoms with Crippen LogP contribution in [0.5, 0.6) is 0 Å². The van der Waals surface area contributed by atoms with Crippen molar-refractivity contribution in [1.82, 2.24) is 4.90 Å². The Hall–Kier alpha value is -2.15. The van der Waals surface area contributed by atoms with Crippen molar-refractivity contribution < 1.29 is 9.72 Å². The number of hydrogen-bond acceptors (Lipinski definition) is 5. The highest BCUT2D eigenvalue weighted by atomic mass is 16.6. The number of rotatable bonds is 5. The van der Waals surface area contributed by atoms with Crippen molar-refractivity contribution in [2.45, 2.75) is 12.8 Å². The minimum atomic E-state index is -0.394. The Kier molecular flexibility index (Phi) is 4.19. The van der Waals surface area contributed by atoms with Gasteiger partial charge in [0.1, 0.15) is 5.69 Å². The molecule has 1 aliphatic heterocycles. The Morgan fingerprint density at radius 2 is 2.15 bits per heavy atom. The number of amides is 1. The summed E-state index contributed by atoms with van der Waals surface area (Å²) in [7, 11) is 3.87. The fraction of sp³-hybridized carbons (Fsp3) is 0.462. The number of aryl methyl sites for hydroxylation is 1. The van der Waals surface area contributed by atoms with E-state index in [1.54, 1.807) is 12.1 Å². The standard InChI is InChI=1S/C13H18N4O3/c1-16(2)6-5-14-11-8-10-9(3-4-13(18)15-10)7-12(11)17(19)20/h7-8,14H,3-6H2,1-2H3,(H,15,18). The Morgan fingerprint density at radius 3 is 2.80 bits per heavy atom. The predicted molar refractivity (Wildman–Crippen MR) is 77.1 cm³/mol. The number of nitro groups is 1. The molecule has 0 fully saturated rings. The molecule has 0 atom stereocenters. The quantitative estimate of drug-likeness (QED) is 0.629. The third-order valence-corrected chi connectivity index (χ3v) is 3.19. The number of nitrogens with zero attached hydrogens (tertiary/aromatic N) is 2. The number of carbonyl (C=O) groups excluding carboxylic acids is 1. The Bertz CT molecular complexity index is 543. The van der Waals surface area contributed by atoms with Crippen molar-refractivity contribution in [2.24, 2.45) is 0 Å². The maximum Gasteiger partial charge on any atom is 0.292 e. The Morgan fingerprint density at radius 1 is 1.40 bits per heavy atom. The fourth-order valence-electron chi connectivity index (χ4n) is 2.12. The maximum atomic E-state index is 11.4. The van der Waals surface area contributed by atoms with Crippen molar-refractivity contribution in [2.75, 3.05) is 37.8 Å². The first-order valence-electron chi connectivity index (χ1n) is 6.47. The van der Waals surface area contributed by atoms with Crippen LogP contribution in [0, 0.1) is 10.1 Å². The highest BCUT2D eigenvalue weighted by Crippen LogP contribution is 2.33. The van der Waals surface area contributed by atoms with E-state index in [2.05, 4.69) is 10.6 Å². The van der Waals surface area contributed by atoms with Crippen molar-refractivity contribution in [3.05, 3.63) is 27.8 Å². The lowest BCUT2D eigenvalue weighted by atomic mass is 10.0. The molecule has 0 saturated carbocycles. The molecule has 0 saturated heterocycles. The van der Waals surface area contributed by atoms with Crippen molar-refractivity contribution in [1.29, 1.82) is 0 Å². The molecule has 20 heavy (non-hydrogen) atoms. The van der Waals surface area contributed by atoms with Gasteiger partial charge in [0.15, 0.2) is 0 Å². The third kappa shape index (κ3) is 3.24. The molecule has 108 valence electrons. The maximum absolute atomic E-state index is 11.4. The summed E-state index contributed by atoms with van der Waals surface area (Å²) in [6, 6.07) is 3.20. The van der Waals surface area contributed by atoms with Gasteiger partial charge in [-0.15, -0.1) is 0 Å². The summed E-state index contributed by atoms with van der Waals surface area (Å²) in [5.74, 6) is -0.0504. The lowest BCUT2D eigenvalue weighted by molar-refractivity contribution is -0.384. The number of likely N-dealkylation sites (N-methyl/N-ethyl adjacent to an activating group) is 1. The van der Waals surface area contributed by atoms with Gasteiger partial charge in [0, 0.05) is 31.3 Å². The van der Waals surface area contributed by atoms with Crippen LogP contribution in [-0.2, 0) is 11.2 Å². The molecule has 0 aromatic heterocycles. The second-order valence-corrected chi connectivity index (χ2v) is 5.06. The minimum absolute atomic E-state index is 0.0504. The first kappa shape index (κ1) is 14.3. The van der Waals surface area contributed by atoms with Gasteiger partial charge in [-0.05, 0) is 32.1 Å². The average molecular weight is 278 g/mol. The van der Waals surface area contributed by atoms with Gasteiger partial charge in [-0.3, -0.25) is 14.9 Å². The average Bonchev–Trinajstić information content (AvgIpc) is 2.37. The molecule has 1 aromatic carbocycles. The van der Waals surface area contributed by atoms with E-state index in [1.165, 1.54) is 0 Å². The molecule has 0 unspecified atom stereocenters. The molecule has 7 heteroatoms. The van der Waals surface area contributed by atoms with Crippen LogP contribution in [0.25, 0.3) is 0 Å². The van der Waals surface area contributed by atoms with Gasteiger partial charge in [0.2, 0.25) is 5.91 Å². The molecular formula is C13H18N4O3. The molecule has 1 heterocycles. The first-order chi connectivity index (χ1) is 9.47. The molecule has 1 aromatic rings. The van der Waals surface area contributed by atoms with E-state index in [4.69, 9.17) is 0 Å². The lowest BCUT2D eigenvalue weighted by Gasteiger charge is -2.18. The number of fused-ring (bicyclic) bond motifs is 1. The van der Waals surface area contributed by atoms with Crippen molar-refractivity contribution >= 4 is 23.0 Å². The van der Waals surface area contributed by atoms with E-state index in [0.29, 0.717) is 30.8 Å². The van der Waals surface area contributed by atoms with Gasteiger partial charge in [0.25, 0.3) is 5.69 Å². The third-order valence-electron chi connectivity index (χ3n) is 3.19. The lowest BCUT2D eigenvalue weighted by Crippen LogP contribution is -2.22. The summed E-state index contributed by atoms with van der Waals surface area (Å²) in [4.78, 5) is 24.1. The number of carbonyl (C=O) groups is 1. The van der Waals surface area contributed by atoms with E-state index in [9.17, 15) is 14.9 Å². The summed E-state index contributed by atoms with van der Waals surface area (Å²) in [6.07, 6.45) is 0.914. The van der Waals surface area contributed by atoms with Gasteiger partial charge in [-0.1, -0.05) is 0 Å². The van der Waals surface area contributed by atoms with Gasteiger partial charge in [-0.25, -0.2) is 0 Å². The summed E-state index contributed by atoms with van der Waals surface area (Å²) >= 11 is 0. The zero-order valence-electron chi connectivity index (χ0n) is 11.6. The molecule has 2 rings (SSSR count). The van der Waals surface area contributed by atoms with Crippen LogP contribution in [0.1, 0.15) is 12.0 Å². The molecular weight excluding hydrogens is 260 g/mol. The monoisotopic (exact) mass is 278 g/mol. The van der Waals surface area contributed by atoms with Gasteiger partial charge < -0.3 is 15.5 Å². The normalized spacial score (nSPS) is 13.8. The smallest absolute Gasteiger partial charge is 0.292 e. The number of benzene rings is 1. The van der Waals surface area contributed by atoms with E-state index in [1.807, 2.05) is 19.0 Å². The Balaban J connectivity index is 2.26. The van der Waals surface area contributed by atoms with Gasteiger partial charge in [-0.2, -0.15) is 0 Å². The van der Waals surface area contributed by atoms with Gasteiger partial charge in [0.05, 0.1) is 4.92 Å². The first-order valence-corrected chi connectivity index (χ1v) is 6.47. The minimum Gasteiger partial charge on any atom is -0.378 e. The molecule has 7 nitrogen and oxygen atoms in total. The van der Waals surface area contributed by atoms with Crippen molar-refractivity contribution in [3.63, 3.8) is 0 Å². The molecule has 0 aliphatic carbocycles. The second-order valence-electron chi connectivity index (χ2n) is 5.06. The zero-order chi connectivity index (χ0) is 14.7. The zero-order valence-corrected chi connectivity index (χ0v) is 11.6. The van der Waals surface area contributed by atoms with Crippen LogP contribution < -0.4 is 10.6 Å². The molecule has 1 amide bonds. The number of anilines is 2. The van der Waals surface area contributed by atoms with Crippen LogP contribution in [-0.4, -0.2) is 42.9 Å². The summed E-state index contributed by atoms with van der Waals surface area (Å²) < 4.78 is 0. The largest absolute Gasteiger partial charge is 0.378 e. The number of hydrogen-bond donors (Lipinski definition) is 2. The Labute approximate surface area is 117 Å². The highest BCUT2D eigenvalue weighted by Gasteiger charge is 2.22. The number of nitro benzene ring substituents is 1. The van der Waals surface area contributed by atoms with Crippen LogP contribution in [0.2, 0.25) is 0 Å². The van der Waals surface area contributed by atoms with Crippen LogP contribution in [0.15, 0.2) is 12.1 Å². The molecule has 0 radical (unpaired) electrons. The van der Waals surface area contributed by atoms with Gasteiger partial charge >= 0.3 is 0 Å². The van der Waals surface area contributed by atoms with E-state index >= 15 is 0 Å². The molecule has 0 bridgehead atoms. The van der Waals surface area contributed by atoms with E-state index in [-0.39, 0.29) is 11.6 Å². The predicted octanol–water partition coefficient (Wildman–Crippen LogP) is 1.45. The number of nitrogens with one attached hydrogen (secondary N) is 2. The second kappa shape index (κ2) is 5.87. The van der Waals surface area contributed by atoms with Crippen molar-refractivity contribution in [3.8, 4) is 0 Å².